The summed E-state index contributed by atoms with van der Waals surface area (Å²) >= 11 is 0. The van der Waals surface area contributed by atoms with E-state index in [0.717, 1.165) is 22.4 Å². The van der Waals surface area contributed by atoms with E-state index in [4.69, 9.17) is 14.0 Å². The number of carbonyl (C=O) groups is 1. The summed E-state index contributed by atoms with van der Waals surface area (Å²) in [6, 6.07) is 13.3. The topological polar surface area (TPSA) is 77.7 Å². The highest BCUT2D eigenvalue weighted by Gasteiger charge is 2.22. The molecule has 0 N–H and O–H groups in total. The molecule has 1 amide bonds. The van der Waals surface area contributed by atoms with Gasteiger partial charge >= 0.3 is 0 Å². The molecule has 0 spiro atoms. The molecule has 29 heavy (non-hydrogen) atoms. The van der Waals surface area contributed by atoms with Crippen molar-refractivity contribution in [2.75, 3.05) is 14.2 Å². The lowest BCUT2D eigenvalue weighted by molar-refractivity contribution is -0.137. The number of rotatable bonds is 7. The van der Waals surface area contributed by atoms with Crippen LogP contribution in [-0.4, -0.2) is 41.2 Å². The number of amides is 1. The Hall–Kier alpha value is -3.35. The first-order valence-electron chi connectivity index (χ1n) is 9.33. The predicted molar refractivity (Wildman–Crippen MR) is 109 cm³/mol. The molecular weight excluding hydrogens is 370 g/mol. The van der Waals surface area contributed by atoms with Gasteiger partial charge in [0.25, 0.3) is 5.91 Å². The molecule has 7 nitrogen and oxygen atoms in total. The van der Waals surface area contributed by atoms with Crippen molar-refractivity contribution in [3.63, 3.8) is 0 Å². The van der Waals surface area contributed by atoms with Crippen LogP contribution < -0.4 is 9.47 Å². The highest BCUT2D eigenvalue weighted by atomic mass is 16.5. The molecule has 0 saturated heterocycles. The SMILES string of the molecule is COc1ccc(-c2noc(CN(C)C(=O)[C@H](C)Oc3cc(C)ccc3C)n2)cc1. The first-order chi connectivity index (χ1) is 13.9. The molecule has 1 atom stereocenters. The number of likely N-dealkylation sites (N-methyl/N-ethyl adjacent to an activating group) is 1. The molecule has 2 aromatic carbocycles. The third-order valence-electron chi connectivity index (χ3n) is 4.56. The van der Waals surface area contributed by atoms with Gasteiger partial charge in [0.05, 0.1) is 13.7 Å². The molecule has 7 heteroatoms. The summed E-state index contributed by atoms with van der Waals surface area (Å²) in [5.41, 5.74) is 2.87. The van der Waals surface area contributed by atoms with Gasteiger partial charge in [-0.1, -0.05) is 17.3 Å². The van der Waals surface area contributed by atoms with Gasteiger partial charge in [-0.25, -0.2) is 0 Å². The number of benzene rings is 2. The Morgan fingerprint density at radius 3 is 2.59 bits per heavy atom. The second-order valence-corrected chi connectivity index (χ2v) is 6.96. The van der Waals surface area contributed by atoms with Crippen molar-refractivity contribution in [1.29, 1.82) is 0 Å². The zero-order valence-electron chi connectivity index (χ0n) is 17.3. The number of aryl methyl sites for hydroxylation is 2. The lowest BCUT2D eigenvalue weighted by Crippen LogP contribution is -2.37. The summed E-state index contributed by atoms with van der Waals surface area (Å²) < 4.78 is 16.3. The number of nitrogens with zero attached hydrogens (tertiary/aromatic N) is 3. The molecule has 0 saturated carbocycles. The molecule has 152 valence electrons. The fourth-order valence-corrected chi connectivity index (χ4v) is 2.84. The van der Waals surface area contributed by atoms with E-state index in [1.54, 1.807) is 21.1 Å². The predicted octanol–water partition coefficient (Wildman–Crippen LogP) is 3.79. The summed E-state index contributed by atoms with van der Waals surface area (Å²) in [6.07, 6.45) is -0.635. The van der Waals surface area contributed by atoms with Crippen LogP contribution in [0, 0.1) is 13.8 Å². The molecule has 0 radical (unpaired) electrons. The summed E-state index contributed by atoms with van der Waals surface area (Å²) in [5.74, 6) is 2.10. The van der Waals surface area contributed by atoms with Crippen LogP contribution in [-0.2, 0) is 11.3 Å². The van der Waals surface area contributed by atoms with Gasteiger partial charge in [-0.3, -0.25) is 4.79 Å². The van der Waals surface area contributed by atoms with Gasteiger partial charge in [0.2, 0.25) is 11.7 Å². The second-order valence-electron chi connectivity index (χ2n) is 6.96. The van der Waals surface area contributed by atoms with Gasteiger partial charge in [-0.2, -0.15) is 4.98 Å². The Kier molecular flexibility index (Phi) is 6.16. The molecule has 0 bridgehead atoms. The molecule has 0 aliphatic carbocycles. The van der Waals surface area contributed by atoms with Crippen molar-refractivity contribution < 1.29 is 18.8 Å². The standard InChI is InChI=1S/C22H25N3O4/c1-14-6-7-15(2)19(12-14)28-16(3)22(26)25(4)13-20-23-21(24-29-20)17-8-10-18(27-5)11-9-17/h6-12,16H,13H2,1-5H3/t16-/m0/s1. The van der Waals surface area contributed by atoms with Crippen LogP contribution in [0.2, 0.25) is 0 Å². The Morgan fingerprint density at radius 2 is 1.90 bits per heavy atom. The number of ether oxygens (including phenoxy) is 2. The van der Waals surface area contributed by atoms with E-state index in [2.05, 4.69) is 10.1 Å². The number of hydrogen-bond acceptors (Lipinski definition) is 6. The van der Waals surface area contributed by atoms with E-state index in [1.807, 2.05) is 56.3 Å². The zero-order chi connectivity index (χ0) is 21.0. The molecule has 0 fully saturated rings. The molecule has 3 rings (SSSR count). The minimum absolute atomic E-state index is 0.171. The van der Waals surface area contributed by atoms with E-state index in [-0.39, 0.29) is 12.5 Å². The monoisotopic (exact) mass is 395 g/mol. The van der Waals surface area contributed by atoms with Crippen molar-refractivity contribution in [1.82, 2.24) is 15.0 Å². The average Bonchev–Trinajstić information content (AvgIpc) is 3.18. The first kappa shape index (κ1) is 20.4. The molecule has 0 aliphatic rings. The number of methoxy groups -OCH3 is 1. The van der Waals surface area contributed by atoms with E-state index in [1.165, 1.54) is 4.90 Å². The second kappa shape index (κ2) is 8.77. The maximum atomic E-state index is 12.7. The molecule has 0 unspecified atom stereocenters. The molecule has 1 aromatic heterocycles. The van der Waals surface area contributed by atoms with Crippen LogP contribution in [0.5, 0.6) is 11.5 Å². The van der Waals surface area contributed by atoms with Crippen LogP contribution in [0.1, 0.15) is 23.9 Å². The summed E-state index contributed by atoms with van der Waals surface area (Å²) in [5, 5.41) is 3.99. The van der Waals surface area contributed by atoms with Crippen LogP contribution >= 0.6 is 0 Å². The van der Waals surface area contributed by atoms with Gasteiger partial charge < -0.3 is 18.9 Å². The van der Waals surface area contributed by atoms with Crippen molar-refractivity contribution >= 4 is 5.91 Å². The number of hydrogen-bond donors (Lipinski definition) is 0. The summed E-state index contributed by atoms with van der Waals surface area (Å²) in [4.78, 5) is 18.6. The van der Waals surface area contributed by atoms with Crippen molar-refractivity contribution in [2.45, 2.75) is 33.4 Å². The fraction of sp³-hybridized carbons (Fsp3) is 0.318. The Labute approximate surface area is 170 Å². The Morgan fingerprint density at radius 1 is 1.17 bits per heavy atom. The lowest BCUT2D eigenvalue weighted by atomic mass is 10.1. The average molecular weight is 395 g/mol. The molecule has 0 aliphatic heterocycles. The van der Waals surface area contributed by atoms with E-state index in [0.29, 0.717) is 17.5 Å². The largest absolute Gasteiger partial charge is 0.497 e. The number of aromatic nitrogens is 2. The third-order valence-corrected chi connectivity index (χ3v) is 4.56. The van der Waals surface area contributed by atoms with Crippen molar-refractivity contribution in [2.24, 2.45) is 0 Å². The van der Waals surface area contributed by atoms with Crippen molar-refractivity contribution in [3.05, 3.63) is 59.5 Å². The van der Waals surface area contributed by atoms with Crippen LogP contribution in [0.3, 0.4) is 0 Å². The smallest absolute Gasteiger partial charge is 0.263 e. The van der Waals surface area contributed by atoms with E-state index < -0.39 is 6.10 Å². The highest BCUT2D eigenvalue weighted by Crippen LogP contribution is 2.22. The van der Waals surface area contributed by atoms with Gasteiger partial charge in [-0.15, -0.1) is 0 Å². The van der Waals surface area contributed by atoms with E-state index >= 15 is 0 Å². The third kappa shape index (κ3) is 4.93. The highest BCUT2D eigenvalue weighted by molar-refractivity contribution is 5.80. The number of carbonyl (C=O) groups excluding carboxylic acids is 1. The maximum absolute atomic E-state index is 12.7. The van der Waals surface area contributed by atoms with Gasteiger partial charge in [0.1, 0.15) is 11.5 Å². The Balaban J connectivity index is 1.63. The van der Waals surface area contributed by atoms with Crippen LogP contribution in [0.25, 0.3) is 11.4 Å². The summed E-state index contributed by atoms with van der Waals surface area (Å²) in [7, 11) is 3.29. The maximum Gasteiger partial charge on any atom is 0.263 e. The first-order valence-corrected chi connectivity index (χ1v) is 9.33. The molecular formula is C22H25N3O4. The van der Waals surface area contributed by atoms with Crippen LogP contribution in [0.4, 0.5) is 0 Å². The van der Waals surface area contributed by atoms with Gasteiger partial charge in [0, 0.05) is 12.6 Å². The zero-order valence-corrected chi connectivity index (χ0v) is 17.3. The quantitative estimate of drug-likeness (QED) is 0.606. The van der Waals surface area contributed by atoms with Crippen LogP contribution in [0.15, 0.2) is 47.0 Å². The van der Waals surface area contributed by atoms with Gasteiger partial charge in [0.15, 0.2) is 6.10 Å². The summed E-state index contributed by atoms with van der Waals surface area (Å²) in [6.45, 7) is 5.87. The fourth-order valence-electron chi connectivity index (χ4n) is 2.84. The molecule has 1 heterocycles. The minimum atomic E-state index is -0.635. The normalized spacial score (nSPS) is 11.8. The lowest BCUT2D eigenvalue weighted by Gasteiger charge is -2.21. The van der Waals surface area contributed by atoms with Gasteiger partial charge in [-0.05, 0) is 62.2 Å². The Bertz CT molecular complexity index is 982. The molecule has 3 aromatic rings. The van der Waals surface area contributed by atoms with E-state index in [9.17, 15) is 4.79 Å². The minimum Gasteiger partial charge on any atom is -0.497 e. The van der Waals surface area contributed by atoms with Crippen molar-refractivity contribution in [3.8, 4) is 22.9 Å².